The summed E-state index contributed by atoms with van der Waals surface area (Å²) in [4.78, 5) is 30.9. The van der Waals surface area contributed by atoms with Crippen LogP contribution in [0.2, 0.25) is 0 Å². The summed E-state index contributed by atoms with van der Waals surface area (Å²) in [7, 11) is 0. The average Bonchev–Trinajstić information content (AvgIpc) is 3.26. The molecule has 0 N–H and O–H groups in total. The molecule has 1 amide bonds. The van der Waals surface area contributed by atoms with Crippen molar-refractivity contribution in [2.24, 2.45) is 0 Å². The molecule has 0 saturated carbocycles. The Morgan fingerprint density at radius 2 is 2.08 bits per heavy atom. The molecular weight excluding hydrogens is 336 g/mol. The van der Waals surface area contributed by atoms with E-state index >= 15 is 0 Å². The topological polar surface area (TPSA) is 59.5 Å². The van der Waals surface area contributed by atoms with Crippen molar-refractivity contribution >= 4 is 39.1 Å². The smallest absolute Gasteiger partial charge is 0.338 e. The minimum Gasteiger partial charge on any atom is -0.449 e. The summed E-state index contributed by atoms with van der Waals surface area (Å²) >= 11 is 1.46. The Bertz CT molecular complexity index is 966. The fourth-order valence-electron chi connectivity index (χ4n) is 3.05. The first-order chi connectivity index (χ1) is 12.1. The van der Waals surface area contributed by atoms with E-state index in [1.54, 1.807) is 35.5 Å². The quantitative estimate of drug-likeness (QED) is 0.678. The van der Waals surface area contributed by atoms with E-state index in [-0.39, 0.29) is 5.91 Å². The predicted octanol–water partition coefficient (Wildman–Crippen LogP) is 3.43. The standard InChI is InChI=1S/C19H16N2O3S/c1-12(18(22)21-9-8-13-4-2-3-5-16(13)21)24-19(23)14-6-7-15-17(10-14)25-11-20-15/h2-7,10-12H,8-9H2,1H3/t12-/m0/s1. The Morgan fingerprint density at radius 1 is 1.24 bits per heavy atom. The molecule has 5 nitrogen and oxygen atoms in total. The van der Waals surface area contributed by atoms with Crippen molar-refractivity contribution in [1.82, 2.24) is 4.98 Å². The lowest BCUT2D eigenvalue weighted by Gasteiger charge is -2.21. The summed E-state index contributed by atoms with van der Waals surface area (Å²) in [6.07, 6.45) is -0.0132. The summed E-state index contributed by atoms with van der Waals surface area (Å²) in [5.41, 5.74) is 5.06. The fourth-order valence-corrected chi connectivity index (χ4v) is 3.76. The van der Waals surface area contributed by atoms with Crippen LogP contribution >= 0.6 is 11.3 Å². The number of carbonyl (C=O) groups is 2. The van der Waals surface area contributed by atoms with Gasteiger partial charge in [0.15, 0.2) is 6.10 Å². The molecule has 1 atom stereocenters. The highest BCUT2D eigenvalue weighted by molar-refractivity contribution is 7.16. The van der Waals surface area contributed by atoms with Crippen LogP contribution in [-0.4, -0.2) is 29.5 Å². The van der Waals surface area contributed by atoms with E-state index in [1.807, 2.05) is 24.3 Å². The number of hydrogen-bond acceptors (Lipinski definition) is 5. The molecule has 1 aliphatic heterocycles. The summed E-state index contributed by atoms with van der Waals surface area (Å²) < 4.78 is 6.32. The number of aromatic nitrogens is 1. The van der Waals surface area contributed by atoms with Crippen molar-refractivity contribution in [2.45, 2.75) is 19.4 Å². The Hall–Kier alpha value is -2.73. The third-order valence-electron chi connectivity index (χ3n) is 4.35. The van der Waals surface area contributed by atoms with Gasteiger partial charge in [-0.2, -0.15) is 0 Å². The number of esters is 1. The lowest BCUT2D eigenvalue weighted by Crippen LogP contribution is -2.39. The van der Waals surface area contributed by atoms with Crippen molar-refractivity contribution in [2.75, 3.05) is 11.4 Å². The van der Waals surface area contributed by atoms with Crippen LogP contribution in [0.5, 0.6) is 0 Å². The Kier molecular flexibility index (Phi) is 3.97. The highest BCUT2D eigenvalue weighted by Crippen LogP contribution is 2.28. The molecule has 2 aromatic carbocycles. The molecule has 0 fully saturated rings. The Balaban J connectivity index is 1.48. The molecule has 2 heterocycles. The largest absolute Gasteiger partial charge is 0.449 e. The Labute approximate surface area is 148 Å². The minimum absolute atomic E-state index is 0.197. The van der Waals surface area contributed by atoms with Gasteiger partial charge < -0.3 is 9.64 Å². The van der Waals surface area contributed by atoms with Gasteiger partial charge in [-0.1, -0.05) is 18.2 Å². The molecule has 6 heteroatoms. The first kappa shape index (κ1) is 15.8. The maximum atomic E-state index is 12.7. The molecule has 0 unspecified atom stereocenters. The van der Waals surface area contributed by atoms with Crippen molar-refractivity contribution in [3.8, 4) is 0 Å². The zero-order valence-corrected chi connectivity index (χ0v) is 14.5. The number of para-hydroxylation sites is 1. The monoisotopic (exact) mass is 352 g/mol. The van der Waals surface area contributed by atoms with E-state index in [9.17, 15) is 9.59 Å². The number of fused-ring (bicyclic) bond motifs is 2. The number of amides is 1. The molecule has 0 radical (unpaired) electrons. The van der Waals surface area contributed by atoms with Crippen LogP contribution < -0.4 is 4.90 Å². The van der Waals surface area contributed by atoms with Gasteiger partial charge in [0.2, 0.25) is 0 Å². The van der Waals surface area contributed by atoms with Crippen LogP contribution in [0.4, 0.5) is 5.69 Å². The van der Waals surface area contributed by atoms with Crippen LogP contribution in [0.1, 0.15) is 22.8 Å². The summed E-state index contributed by atoms with van der Waals surface area (Å²) in [5.74, 6) is -0.694. The molecule has 0 bridgehead atoms. The molecule has 4 rings (SSSR count). The Morgan fingerprint density at radius 3 is 2.96 bits per heavy atom. The first-order valence-electron chi connectivity index (χ1n) is 8.07. The van der Waals surface area contributed by atoms with E-state index < -0.39 is 12.1 Å². The van der Waals surface area contributed by atoms with Crippen LogP contribution in [-0.2, 0) is 16.0 Å². The molecule has 3 aromatic rings. The molecular formula is C19H16N2O3S. The number of rotatable bonds is 3. The van der Waals surface area contributed by atoms with Crippen molar-refractivity contribution in [3.63, 3.8) is 0 Å². The highest BCUT2D eigenvalue weighted by atomic mass is 32.1. The molecule has 126 valence electrons. The molecule has 25 heavy (non-hydrogen) atoms. The van der Waals surface area contributed by atoms with Gasteiger partial charge in [0.05, 0.1) is 21.3 Å². The van der Waals surface area contributed by atoms with Gasteiger partial charge in [-0.3, -0.25) is 4.79 Å². The third kappa shape index (κ3) is 2.89. The number of ether oxygens (including phenoxy) is 1. The fraction of sp³-hybridized carbons (Fsp3) is 0.211. The summed E-state index contributed by atoms with van der Waals surface area (Å²) in [5, 5.41) is 0. The van der Waals surface area contributed by atoms with E-state index in [0.29, 0.717) is 12.1 Å². The van der Waals surface area contributed by atoms with Gasteiger partial charge in [-0.05, 0) is 43.2 Å². The second-order valence-corrected chi connectivity index (χ2v) is 6.84. The SMILES string of the molecule is C[C@H](OC(=O)c1ccc2ncsc2c1)C(=O)N1CCc2ccccc21. The second-order valence-electron chi connectivity index (χ2n) is 5.95. The van der Waals surface area contributed by atoms with E-state index in [2.05, 4.69) is 4.98 Å². The molecule has 0 saturated heterocycles. The van der Waals surface area contributed by atoms with Crippen molar-refractivity contribution < 1.29 is 14.3 Å². The summed E-state index contributed by atoms with van der Waals surface area (Å²) in [6.45, 7) is 2.24. The molecule has 1 aromatic heterocycles. The van der Waals surface area contributed by atoms with Gasteiger partial charge in [0.1, 0.15) is 0 Å². The number of thiazole rings is 1. The molecule has 1 aliphatic rings. The third-order valence-corrected chi connectivity index (χ3v) is 5.14. The van der Waals surface area contributed by atoms with Crippen molar-refractivity contribution in [3.05, 3.63) is 59.1 Å². The average molecular weight is 352 g/mol. The van der Waals surface area contributed by atoms with E-state index in [4.69, 9.17) is 4.74 Å². The lowest BCUT2D eigenvalue weighted by molar-refractivity contribution is -0.126. The zero-order valence-electron chi connectivity index (χ0n) is 13.6. The zero-order chi connectivity index (χ0) is 17.4. The maximum Gasteiger partial charge on any atom is 0.338 e. The maximum absolute atomic E-state index is 12.7. The number of hydrogen-bond donors (Lipinski definition) is 0. The number of benzene rings is 2. The predicted molar refractivity (Wildman–Crippen MR) is 97.0 cm³/mol. The van der Waals surface area contributed by atoms with Crippen LogP contribution in [0.3, 0.4) is 0 Å². The van der Waals surface area contributed by atoms with E-state index in [0.717, 1.165) is 27.9 Å². The van der Waals surface area contributed by atoms with Crippen LogP contribution in [0.15, 0.2) is 48.0 Å². The van der Waals surface area contributed by atoms with Crippen LogP contribution in [0, 0.1) is 0 Å². The highest BCUT2D eigenvalue weighted by Gasteiger charge is 2.30. The molecule has 0 spiro atoms. The summed E-state index contributed by atoms with van der Waals surface area (Å²) in [6, 6.07) is 13.0. The lowest BCUT2D eigenvalue weighted by atomic mass is 10.2. The van der Waals surface area contributed by atoms with Crippen molar-refractivity contribution in [1.29, 1.82) is 0 Å². The van der Waals surface area contributed by atoms with Gasteiger partial charge in [0, 0.05) is 12.2 Å². The van der Waals surface area contributed by atoms with E-state index in [1.165, 1.54) is 11.3 Å². The van der Waals surface area contributed by atoms with Gasteiger partial charge in [-0.15, -0.1) is 11.3 Å². The van der Waals surface area contributed by atoms with Gasteiger partial charge >= 0.3 is 5.97 Å². The van der Waals surface area contributed by atoms with Gasteiger partial charge in [0.25, 0.3) is 5.91 Å². The first-order valence-corrected chi connectivity index (χ1v) is 8.95. The van der Waals surface area contributed by atoms with Gasteiger partial charge in [-0.25, -0.2) is 9.78 Å². The minimum atomic E-state index is -0.837. The molecule has 0 aliphatic carbocycles. The normalized spacial score (nSPS) is 14.4. The number of carbonyl (C=O) groups excluding carboxylic acids is 2. The number of anilines is 1. The van der Waals surface area contributed by atoms with Crippen LogP contribution in [0.25, 0.3) is 10.2 Å². The second kappa shape index (κ2) is 6.29. The number of nitrogens with zero attached hydrogens (tertiary/aromatic N) is 2.